The van der Waals surface area contributed by atoms with Gasteiger partial charge in [0, 0.05) is 23.5 Å². The summed E-state index contributed by atoms with van der Waals surface area (Å²) in [7, 11) is 0. The summed E-state index contributed by atoms with van der Waals surface area (Å²) in [6.07, 6.45) is 2.95. The van der Waals surface area contributed by atoms with E-state index in [1.165, 1.54) is 10.9 Å². The van der Waals surface area contributed by atoms with Crippen LogP contribution in [0, 0.1) is 18.7 Å². The molecule has 0 saturated heterocycles. The van der Waals surface area contributed by atoms with Crippen LogP contribution in [-0.2, 0) is 11.2 Å². The summed E-state index contributed by atoms with van der Waals surface area (Å²) in [5, 5.41) is 2.02. The SMILES string of the molecule is Cc1cccc(C(=O)N(CC(=O)N2CCc3sccc3[C@H]2COc2ccccc2F)CC2CC2)c1. The van der Waals surface area contributed by atoms with Crippen LogP contribution in [-0.4, -0.2) is 47.9 Å². The number of rotatable bonds is 8. The normalized spacial score (nSPS) is 17.1. The second-order valence-electron chi connectivity index (χ2n) is 9.39. The molecule has 7 heteroatoms. The van der Waals surface area contributed by atoms with E-state index < -0.39 is 5.82 Å². The lowest BCUT2D eigenvalue weighted by Gasteiger charge is -2.37. The summed E-state index contributed by atoms with van der Waals surface area (Å²) in [6, 6.07) is 15.5. The Morgan fingerprint density at radius 1 is 1.14 bits per heavy atom. The predicted octanol–water partition coefficient (Wildman–Crippen LogP) is 5.25. The van der Waals surface area contributed by atoms with E-state index in [1.54, 1.807) is 39.3 Å². The highest BCUT2D eigenvalue weighted by atomic mass is 32.1. The molecule has 182 valence electrons. The standard InChI is InChI=1S/C28H29FN2O3S/c1-19-5-4-6-21(15-19)28(33)30(16-20-9-10-20)17-27(32)31-13-11-26-22(12-14-35-26)24(31)18-34-25-8-3-2-7-23(25)29/h2-8,12,14-15,20,24H,9-11,13,16-18H2,1H3/t24-/m1/s1. The minimum Gasteiger partial charge on any atom is -0.488 e. The molecule has 5 rings (SSSR count). The van der Waals surface area contributed by atoms with Gasteiger partial charge in [-0.25, -0.2) is 4.39 Å². The first-order valence-corrected chi connectivity index (χ1v) is 13.0. The number of carbonyl (C=O) groups is 2. The lowest BCUT2D eigenvalue weighted by Crippen LogP contribution is -2.48. The van der Waals surface area contributed by atoms with Crippen LogP contribution in [0.2, 0.25) is 0 Å². The first kappa shape index (κ1) is 23.5. The zero-order valence-corrected chi connectivity index (χ0v) is 20.6. The summed E-state index contributed by atoms with van der Waals surface area (Å²) in [5.41, 5.74) is 2.67. The van der Waals surface area contributed by atoms with Crippen LogP contribution in [0.4, 0.5) is 4.39 Å². The highest BCUT2D eigenvalue weighted by molar-refractivity contribution is 7.10. The molecular formula is C28H29FN2O3S. The Labute approximate surface area is 209 Å². The first-order chi connectivity index (χ1) is 17.0. The van der Waals surface area contributed by atoms with Gasteiger partial charge in [0.05, 0.1) is 6.04 Å². The Bertz CT molecular complexity index is 1220. The molecule has 0 unspecified atom stereocenters. The molecule has 3 aromatic rings. The summed E-state index contributed by atoms with van der Waals surface area (Å²) >= 11 is 1.67. The fraction of sp³-hybridized carbons (Fsp3) is 0.357. The molecule has 1 aliphatic carbocycles. The Kier molecular flexibility index (Phi) is 6.86. The van der Waals surface area contributed by atoms with E-state index in [2.05, 4.69) is 0 Å². The molecule has 2 heterocycles. The molecular weight excluding hydrogens is 463 g/mol. The zero-order chi connectivity index (χ0) is 24.4. The van der Waals surface area contributed by atoms with Gasteiger partial charge in [0.15, 0.2) is 11.6 Å². The number of halogens is 1. The van der Waals surface area contributed by atoms with Gasteiger partial charge in [-0.2, -0.15) is 0 Å². The van der Waals surface area contributed by atoms with Gasteiger partial charge in [-0.15, -0.1) is 11.3 Å². The van der Waals surface area contributed by atoms with Crippen LogP contribution in [0.5, 0.6) is 5.75 Å². The quantitative estimate of drug-likeness (QED) is 0.431. The van der Waals surface area contributed by atoms with Crippen molar-refractivity contribution in [3.05, 3.63) is 87.4 Å². The minimum absolute atomic E-state index is 0.0267. The van der Waals surface area contributed by atoms with Crippen LogP contribution >= 0.6 is 11.3 Å². The topological polar surface area (TPSA) is 49.9 Å². The number of nitrogens with zero attached hydrogens (tertiary/aromatic N) is 2. The fourth-order valence-electron chi connectivity index (χ4n) is 4.65. The Balaban J connectivity index is 1.35. The van der Waals surface area contributed by atoms with Gasteiger partial charge >= 0.3 is 0 Å². The number of benzene rings is 2. The van der Waals surface area contributed by atoms with Crippen molar-refractivity contribution >= 4 is 23.2 Å². The van der Waals surface area contributed by atoms with E-state index in [9.17, 15) is 14.0 Å². The van der Waals surface area contributed by atoms with Crippen molar-refractivity contribution < 1.29 is 18.7 Å². The van der Waals surface area contributed by atoms with Crippen molar-refractivity contribution in [2.75, 3.05) is 26.2 Å². The van der Waals surface area contributed by atoms with Crippen LogP contribution in [0.15, 0.2) is 60.0 Å². The third-order valence-corrected chi connectivity index (χ3v) is 7.70. The third kappa shape index (κ3) is 5.40. The first-order valence-electron chi connectivity index (χ1n) is 12.1. The number of ether oxygens (including phenoxy) is 1. The number of hydrogen-bond acceptors (Lipinski definition) is 4. The second-order valence-corrected chi connectivity index (χ2v) is 10.4. The lowest BCUT2D eigenvalue weighted by atomic mass is 10.00. The van der Waals surface area contributed by atoms with E-state index in [0.29, 0.717) is 24.6 Å². The van der Waals surface area contributed by atoms with Crippen LogP contribution in [0.1, 0.15) is 45.2 Å². The van der Waals surface area contributed by atoms with E-state index >= 15 is 0 Å². The molecule has 1 fully saturated rings. The monoisotopic (exact) mass is 492 g/mol. The predicted molar refractivity (Wildman–Crippen MR) is 134 cm³/mol. The fourth-order valence-corrected chi connectivity index (χ4v) is 5.58. The Morgan fingerprint density at radius 2 is 1.97 bits per heavy atom. The molecule has 1 saturated carbocycles. The molecule has 0 bridgehead atoms. The van der Waals surface area contributed by atoms with E-state index in [0.717, 1.165) is 30.4 Å². The van der Waals surface area contributed by atoms with Gasteiger partial charge in [-0.3, -0.25) is 9.59 Å². The molecule has 2 amide bonds. The van der Waals surface area contributed by atoms with Gasteiger partial charge in [0.25, 0.3) is 5.91 Å². The number of para-hydroxylation sites is 1. The van der Waals surface area contributed by atoms with Crippen molar-refractivity contribution in [2.45, 2.75) is 32.2 Å². The van der Waals surface area contributed by atoms with Crippen LogP contribution in [0.25, 0.3) is 0 Å². The maximum atomic E-state index is 14.2. The number of hydrogen-bond donors (Lipinski definition) is 0. The number of carbonyl (C=O) groups excluding carboxylic acids is 2. The molecule has 1 atom stereocenters. The Hall–Kier alpha value is -3.19. The molecule has 0 N–H and O–H groups in total. The number of thiophene rings is 1. The Morgan fingerprint density at radius 3 is 2.74 bits per heavy atom. The van der Waals surface area contributed by atoms with E-state index in [-0.39, 0.29) is 36.8 Å². The summed E-state index contributed by atoms with van der Waals surface area (Å²) in [6.45, 7) is 3.28. The highest BCUT2D eigenvalue weighted by Crippen LogP contribution is 2.35. The van der Waals surface area contributed by atoms with Gasteiger partial charge in [-0.1, -0.05) is 29.8 Å². The molecule has 2 aliphatic rings. The molecule has 2 aromatic carbocycles. The smallest absolute Gasteiger partial charge is 0.254 e. The average Bonchev–Trinajstić information content (AvgIpc) is 3.54. The third-order valence-electron chi connectivity index (χ3n) is 6.70. The highest BCUT2D eigenvalue weighted by Gasteiger charge is 2.35. The van der Waals surface area contributed by atoms with Crippen molar-refractivity contribution in [3.8, 4) is 5.75 Å². The maximum Gasteiger partial charge on any atom is 0.254 e. The molecule has 1 aromatic heterocycles. The van der Waals surface area contributed by atoms with Gasteiger partial charge < -0.3 is 14.5 Å². The summed E-state index contributed by atoms with van der Waals surface area (Å²) < 4.78 is 20.0. The second kappa shape index (κ2) is 10.2. The molecule has 1 aliphatic heterocycles. The van der Waals surface area contributed by atoms with Crippen LogP contribution < -0.4 is 4.74 Å². The van der Waals surface area contributed by atoms with Crippen LogP contribution in [0.3, 0.4) is 0 Å². The lowest BCUT2D eigenvalue weighted by molar-refractivity contribution is -0.135. The minimum atomic E-state index is -0.425. The largest absolute Gasteiger partial charge is 0.488 e. The van der Waals surface area contributed by atoms with E-state index in [4.69, 9.17) is 4.74 Å². The van der Waals surface area contributed by atoms with Crippen molar-refractivity contribution in [1.29, 1.82) is 0 Å². The molecule has 0 spiro atoms. The van der Waals surface area contributed by atoms with Gasteiger partial charge in [-0.05, 0) is 73.4 Å². The molecule has 35 heavy (non-hydrogen) atoms. The molecule has 0 radical (unpaired) electrons. The summed E-state index contributed by atoms with van der Waals surface area (Å²) in [5.74, 6) is -0.00752. The maximum absolute atomic E-state index is 14.2. The number of aryl methyl sites for hydroxylation is 1. The molecule has 5 nitrogen and oxygen atoms in total. The van der Waals surface area contributed by atoms with Gasteiger partial charge in [0.1, 0.15) is 13.2 Å². The van der Waals surface area contributed by atoms with Gasteiger partial charge in [0.2, 0.25) is 5.91 Å². The van der Waals surface area contributed by atoms with E-state index in [1.807, 2.05) is 42.6 Å². The van der Waals surface area contributed by atoms with Crippen molar-refractivity contribution in [2.24, 2.45) is 5.92 Å². The average molecular weight is 493 g/mol. The van der Waals surface area contributed by atoms with Crippen molar-refractivity contribution in [1.82, 2.24) is 9.80 Å². The number of amides is 2. The summed E-state index contributed by atoms with van der Waals surface area (Å²) in [4.78, 5) is 31.7. The zero-order valence-electron chi connectivity index (χ0n) is 19.8. The number of fused-ring (bicyclic) bond motifs is 1. The van der Waals surface area contributed by atoms with Crippen molar-refractivity contribution in [3.63, 3.8) is 0 Å².